The average molecular weight is 348 g/mol. The third kappa shape index (κ3) is 3.95. The van der Waals surface area contributed by atoms with E-state index in [0.29, 0.717) is 13.2 Å². The Bertz CT molecular complexity index is 689. The Kier molecular flexibility index (Phi) is 5.50. The molecule has 5 nitrogen and oxygen atoms in total. The molecule has 2 heterocycles. The van der Waals surface area contributed by atoms with Gasteiger partial charge < -0.3 is 14.6 Å². The highest BCUT2D eigenvalue weighted by Gasteiger charge is 2.26. The zero-order valence-corrected chi connectivity index (χ0v) is 15.2. The van der Waals surface area contributed by atoms with Gasteiger partial charge in [-0.15, -0.1) is 11.3 Å². The van der Waals surface area contributed by atoms with Gasteiger partial charge in [0.05, 0.1) is 19.8 Å². The van der Waals surface area contributed by atoms with Crippen LogP contribution < -0.4 is 4.74 Å². The van der Waals surface area contributed by atoms with E-state index < -0.39 is 6.10 Å². The number of aryl methyl sites for hydroxylation is 2. The molecule has 2 unspecified atom stereocenters. The lowest BCUT2D eigenvalue weighted by atomic mass is 10.0. The Morgan fingerprint density at radius 1 is 1.46 bits per heavy atom. The second kappa shape index (κ2) is 7.61. The van der Waals surface area contributed by atoms with E-state index in [9.17, 15) is 5.11 Å². The predicted octanol–water partition coefficient (Wildman–Crippen LogP) is 2.88. The normalized spacial score (nSPS) is 20.1. The number of benzene rings is 1. The SMILES string of the molecule is COc1ccc(C)cc1C(O)CN1CCOC(c2nc(C)cs2)C1. The molecule has 1 aliphatic rings. The number of aromatic nitrogens is 1. The molecule has 3 rings (SSSR count). The fourth-order valence-corrected chi connectivity index (χ4v) is 3.83. The van der Waals surface area contributed by atoms with Gasteiger partial charge in [0.2, 0.25) is 0 Å². The van der Waals surface area contributed by atoms with E-state index in [0.717, 1.165) is 40.7 Å². The first kappa shape index (κ1) is 17.4. The summed E-state index contributed by atoms with van der Waals surface area (Å²) >= 11 is 1.64. The lowest BCUT2D eigenvalue weighted by Crippen LogP contribution is -2.40. The standard InChI is InChI=1S/C18H24N2O3S/c1-12-4-5-16(22-3)14(8-12)15(21)9-20-6-7-23-17(10-20)18-19-13(2)11-24-18/h4-5,8,11,15,17,21H,6-7,9-10H2,1-3H3. The molecule has 0 bridgehead atoms. The van der Waals surface area contributed by atoms with Crippen molar-refractivity contribution in [2.45, 2.75) is 26.1 Å². The van der Waals surface area contributed by atoms with Crippen LogP contribution in [-0.2, 0) is 4.74 Å². The summed E-state index contributed by atoms with van der Waals surface area (Å²) in [6.45, 7) is 6.79. The van der Waals surface area contributed by atoms with Gasteiger partial charge in [0.25, 0.3) is 0 Å². The largest absolute Gasteiger partial charge is 0.496 e. The third-order valence-electron chi connectivity index (χ3n) is 4.24. The molecule has 24 heavy (non-hydrogen) atoms. The second-order valence-corrected chi connectivity index (χ2v) is 7.10. The van der Waals surface area contributed by atoms with Crippen LogP contribution >= 0.6 is 11.3 Å². The highest BCUT2D eigenvalue weighted by atomic mass is 32.1. The number of morpholine rings is 1. The second-order valence-electron chi connectivity index (χ2n) is 6.21. The van der Waals surface area contributed by atoms with E-state index in [1.807, 2.05) is 37.4 Å². The average Bonchev–Trinajstić information content (AvgIpc) is 3.01. The molecule has 2 aromatic rings. The number of hydrogen-bond donors (Lipinski definition) is 1. The van der Waals surface area contributed by atoms with Crippen molar-refractivity contribution in [1.29, 1.82) is 0 Å². The number of β-amino-alcohol motifs (C(OH)–C–C–N with tert-alkyl or cyclic N) is 1. The van der Waals surface area contributed by atoms with E-state index in [1.54, 1.807) is 18.4 Å². The minimum Gasteiger partial charge on any atom is -0.496 e. The number of ether oxygens (including phenoxy) is 2. The van der Waals surface area contributed by atoms with E-state index in [-0.39, 0.29) is 6.10 Å². The minimum atomic E-state index is -0.586. The van der Waals surface area contributed by atoms with Gasteiger partial charge in [-0.2, -0.15) is 0 Å². The summed E-state index contributed by atoms with van der Waals surface area (Å²) in [5.74, 6) is 0.730. The maximum Gasteiger partial charge on any atom is 0.124 e. The van der Waals surface area contributed by atoms with Crippen molar-refractivity contribution in [3.63, 3.8) is 0 Å². The number of hydrogen-bond acceptors (Lipinski definition) is 6. The van der Waals surface area contributed by atoms with Crippen molar-refractivity contribution in [3.8, 4) is 5.75 Å². The molecule has 1 N–H and O–H groups in total. The first-order valence-corrected chi connectivity index (χ1v) is 9.03. The topological polar surface area (TPSA) is 54.8 Å². The summed E-state index contributed by atoms with van der Waals surface area (Å²) < 4.78 is 11.3. The molecule has 2 atom stereocenters. The summed E-state index contributed by atoms with van der Waals surface area (Å²) in [7, 11) is 1.64. The van der Waals surface area contributed by atoms with Crippen molar-refractivity contribution in [3.05, 3.63) is 45.4 Å². The highest BCUT2D eigenvalue weighted by molar-refractivity contribution is 7.09. The number of nitrogens with zero attached hydrogens (tertiary/aromatic N) is 2. The summed E-state index contributed by atoms with van der Waals surface area (Å²) in [5, 5.41) is 13.8. The maximum atomic E-state index is 10.7. The Balaban J connectivity index is 1.68. The predicted molar refractivity (Wildman–Crippen MR) is 94.7 cm³/mol. The first-order valence-electron chi connectivity index (χ1n) is 8.15. The Hall–Kier alpha value is -1.47. The summed E-state index contributed by atoms with van der Waals surface area (Å²) in [5.41, 5.74) is 2.98. The van der Waals surface area contributed by atoms with Crippen molar-refractivity contribution >= 4 is 11.3 Å². The molecule has 1 aromatic carbocycles. The van der Waals surface area contributed by atoms with Crippen molar-refractivity contribution in [1.82, 2.24) is 9.88 Å². The van der Waals surface area contributed by atoms with Crippen LogP contribution in [0.15, 0.2) is 23.6 Å². The first-order chi connectivity index (χ1) is 11.6. The minimum absolute atomic E-state index is 0.0101. The van der Waals surface area contributed by atoms with E-state index in [2.05, 4.69) is 9.88 Å². The highest BCUT2D eigenvalue weighted by Crippen LogP contribution is 2.29. The molecule has 0 aliphatic carbocycles. The van der Waals surface area contributed by atoms with Crippen molar-refractivity contribution in [2.24, 2.45) is 0 Å². The van der Waals surface area contributed by atoms with E-state index in [1.165, 1.54) is 0 Å². The van der Waals surface area contributed by atoms with Gasteiger partial charge in [-0.1, -0.05) is 11.6 Å². The van der Waals surface area contributed by atoms with Gasteiger partial charge in [-0.05, 0) is 26.0 Å². The zero-order chi connectivity index (χ0) is 17.1. The fourth-order valence-electron chi connectivity index (χ4n) is 2.99. The van der Waals surface area contributed by atoms with Gasteiger partial charge in [0.15, 0.2) is 0 Å². The number of methoxy groups -OCH3 is 1. The molecule has 1 fully saturated rings. The number of aliphatic hydroxyl groups is 1. The number of rotatable bonds is 5. The van der Waals surface area contributed by atoms with Crippen LogP contribution in [0.2, 0.25) is 0 Å². The quantitative estimate of drug-likeness (QED) is 0.900. The van der Waals surface area contributed by atoms with Gasteiger partial charge in [0, 0.05) is 36.3 Å². The van der Waals surface area contributed by atoms with Crippen LogP contribution in [0.3, 0.4) is 0 Å². The van der Waals surface area contributed by atoms with E-state index >= 15 is 0 Å². The fraction of sp³-hybridized carbons (Fsp3) is 0.500. The summed E-state index contributed by atoms with van der Waals surface area (Å²) in [6.07, 6.45) is -0.597. The van der Waals surface area contributed by atoms with Gasteiger partial charge in [0.1, 0.15) is 16.9 Å². The molecular formula is C18H24N2O3S. The zero-order valence-electron chi connectivity index (χ0n) is 14.4. The number of thiazole rings is 1. The molecule has 6 heteroatoms. The monoisotopic (exact) mass is 348 g/mol. The van der Waals surface area contributed by atoms with Crippen molar-refractivity contribution in [2.75, 3.05) is 33.4 Å². The van der Waals surface area contributed by atoms with Gasteiger partial charge in [-0.3, -0.25) is 4.90 Å². The lowest BCUT2D eigenvalue weighted by molar-refractivity contribution is -0.0426. The van der Waals surface area contributed by atoms with Gasteiger partial charge >= 0.3 is 0 Å². The lowest BCUT2D eigenvalue weighted by Gasteiger charge is -2.33. The Morgan fingerprint density at radius 3 is 3.00 bits per heavy atom. The van der Waals surface area contributed by atoms with Gasteiger partial charge in [-0.25, -0.2) is 4.98 Å². The van der Waals surface area contributed by atoms with Crippen molar-refractivity contribution < 1.29 is 14.6 Å². The molecule has 1 saturated heterocycles. The van der Waals surface area contributed by atoms with Crippen LogP contribution in [0.25, 0.3) is 0 Å². The molecule has 0 radical (unpaired) electrons. The van der Waals surface area contributed by atoms with Crippen LogP contribution in [0, 0.1) is 13.8 Å². The van der Waals surface area contributed by atoms with Crippen LogP contribution in [0.4, 0.5) is 0 Å². The number of aliphatic hydroxyl groups excluding tert-OH is 1. The summed E-state index contributed by atoms with van der Waals surface area (Å²) in [4.78, 5) is 6.76. The Labute approximate surface area is 146 Å². The molecule has 1 aromatic heterocycles. The molecule has 0 saturated carbocycles. The smallest absolute Gasteiger partial charge is 0.124 e. The maximum absolute atomic E-state index is 10.7. The molecule has 130 valence electrons. The third-order valence-corrected chi connectivity index (χ3v) is 5.29. The summed E-state index contributed by atoms with van der Waals surface area (Å²) in [6, 6.07) is 5.89. The van der Waals surface area contributed by atoms with Crippen LogP contribution in [-0.4, -0.2) is 48.3 Å². The molecular weight excluding hydrogens is 324 g/mol. The van der Waals surface area contributed by atoms with Crippen LogP contribution in [0.1, 0.15) is 34.0 Å². The van der Waals surface area contributed by atoms with Crippen LogP contribution in [0.5, 0.6) is 5.75 Å². The van der Waals surface area contributed by atoms with E-state index in [4.69, 9.17) is 9.47 Å². The molecule has 0 amide bonds. The molecule has 0 spiro atoms. The molecule has 1 aliphatic heterocycles. The Morgan fingerprint density at radius 2 is 2.29 bits per heavy atom.